The highest BCUT2D eigenvalue weighted by molar-refractivity contribution is 6.43. The molecule has 1 aliphatic rings. The highest BCUT2D eigenvalue weighted by atomic mass is 35.5. The number of benzene rings is 3. The molecule has 0 radical (unpaired) electrons. The number of methoxy groups -OCH3 is 1. The Morgan fingerprint density at radius 3 is 2.50 bits per heavy atom. The molecule has 7 heteroatoms. The summed E-state index contributed by atoms with van der Waals surface area (Å²) in [7, 11) is 1.60. The molecule has 0 unspecified atom stereocenters. The standard InChI is InChI=1S/C27H26Cl2N2O3/c1-33-25-16-20(17-30-23-7-5-6-22(28)26(23)29)10-13-24(25)34-18-19-8-11-21(12-9-19)27(32)31-14-3-2-4-15-31/h5-13,16-17H,2-4,14-15,18H2,1H3. The van der Waals surface area contributed by atoms with Crippen LogP contribution >= 0.6 is 23.2 Å². The molecule has 1 amide bonds. The molecule has 1 heterocycles. The van der Waals surface area contributed by atoms with Gasteiger partial charge in [0.1, 0.15) is 6.61 Å². The van der Waals surface area contributed by atoms with E-state index in [-0.39, 0.29) is 5.91 Å². The summed E-state index contributed by atoms with van der Waals surface area (Å²) < 4.78 is 11.5. The molecule has 176 valence electrons. The lowest BCUT2D eigenvalue weighted by Gasteiger charge is -2.26. The van der Waals surface area contributed by atoms with Crippen LogP contribution in [0.25, 0.3) is 0 Å². The van der Waals surface area contributed by atoms with Gasteiger partial charge in [0.2, 0.25) is 0 Å². The molecule has 3 aromatic carbocycles. The van der Waals surface area contributed by atoms with E-state index in [0.29, 0.717) is 39.4 Å². The van der Waals surface area contributed by atoms with Crippen LogP contribution in [0, 0.1) is 0 Å². The largest absolute Gasteiger partial charge is 0.493 e. The van der Waals surface area contributed by atoms with Gasteiger partial charge in [-0.1, -0.05) is 41.4 Å². The van der Waals surface area contributed by atoms with Gasteiger partial charge in [0.25, 0.3) is 5.91 Å². The average molecular weight is 497 g/mol. The zero-order valence-electron chi connectivity index (χ0n) is 19.0. The molecule has 3 aromatic rings. The van der Waals surface area contributed by atoms with Crippen LogP contribution < -0.4 is 9.47 Å². The van der Waals surface area contributed by atoms with Gasteiger partial charge < -0.3 is 14.4 Å². The Morgan fingerprint density at radius 2 is 1.76 bits per heavy atom. The van der Waals surface area contributed by atoms with Crippen molar-refractivity contribution in [1.29, 1.82) is 0 Å². The van der Waals surface area contributed by atoms with E-state index in [1.54, 1.807) is 31.5 Å². The first-order chi connectivity index (χ1) is 16.5. The number of likely N-dealkylation sites (tertiary alicyclic amines) is 1. The lowest BCUT2D eigenvalue weighted by Crippen LogP contribution is -2.35. The summed E-state index contributed by atoms with van der Waals surface area (Å²) >= 11 is 12.2. The Morgan fingerprint density at radius 1 is 1.00 bits per heavy atom. The number of carbonyl (C=O) groups is 1. The third-order valence-electron chi connectivity index (χ3n) is 5.71. The maximum Gasteiger partial charge on any atom is 0.253 e. The minimum atomic E-state index is 0.102. The van der Waals surface area contributed by atoms with Crippen molar-refractivity contribution in [2.24, 2.45) is 4.99 Å². The lowest BCUT2D eigenvalue weighted by atomic mass is 10.1. The predicted octanol–water partition coefficient (Wildman–Crippen LogP) is 6.96. The van der Waals surface area contributed by atoms with Crippen LogP contribution in [0.3, 0.4) is 0 Å². The van der Waals surface area contributed by atoms with Gasteiger partial charge in [-0.25, -0.2) is 0 Å². The van der Waals surface area contributed by atoms with Crippen molar-refractivity contribution < 1.29 is 14.3 Å². The first-order valence-corrected chi connectivity index (χ1v) is 12.0. The second kappa shape index (κ2) is 11.4. The van der Waals surface area contributed by atoms with Gasteiger partial charge in [-0.15, -0.1) is 0 Å². The summed E-state index contributed by atoms with van der Waals surface area (Å²) in [4.78, 5) is 19.0. The van der Waals surface area contributed by atoms with Crippen molar-refractivity contribution >= 4 is 41.0 Å². The molecule has 1 aliphatic heterocycles. The average Bonchev–Trinajstić information content (AvgIpc) is 2.89. The van der Waals surface area contributed by atoms with Gasteiger partial charge in [-0.3, -0.25) is 9.79 Å². The van der Waals surface area contributed by atoms with Crippen LogP contribution in [0.4, 0.5) is 5.69 Å². The van der Waals surface area contributed by atoms with Crippen molar-refractivity contribution in [3.8, 4) is 11.5 Å². The van der Waals surface area contributed by atoms with E-state index >= 15 is 0 Å². The number of rotatable bonds is 7. The smallest absolute Gasteiger partial charge is 0.253 e. The fraction of sp³-hybridized carbons (Fsp3) is 0.259. The maximum atomic E-state index is 12.6. The van der Waals surface area contributed by atoms with E-state index < -0.39 is 0 Å². The van der Waals surface area contributed by atoms with Crippen molar-refractivity contribution in [2.75, 3.05) is 20.2 Å². The van der Waals surface area contributed by atoms with E-state index in [9.17, 15) is 4.79 Å². The van der Waals surface area contributed by atoms with Crippen LogP contribution in [0.5, 0.6) is 11.5 Å². The zero-order chi connectivity index (χ0) is 23.9. The predicted molar refractivity (Wildman–Crippen MR) is 137 cm³/mol. The molecule has 0 N–H and O–H groups in total. The molecule has 4 rings (SSSR count). The Hall–Kier alpha value is -3.02. The van der Waals surface area contributed by atoms with E-state index in [1.165, 1.54) is 6.42 Å². The monoisotopic (exact) mass is 496 g/mol. The van der Waals surface area contributed by atoms with Crippen LogP contribution in [-0.2, 0) is 6.61 Å². The number of aliphatic imine (C=N–C) groups is 1. The first kappa shape index (κ1) is 24.1. The molecule has 0 aliphatic carbocycles. The molecule has 34 heavy (non-hydrogen) atoms. The molecular weight excluding hydrogens is 471 g/mol. The van der Waals surface area contributed by atoms with E-state index in [1.807, 2.05) is 47.4 Å². The summed E-state index contributed by atoms with van der Waals surface area (Å²) in [5, 5.41) is 0.873. The van der Waals surface area contributed by atoms with Crippen LogP contribution in [0.1, 0.15) is 40.7 Å². The molecule has 0 saturated carbocycles. The number of carbonyl (C=O) groups excluding carboxylic acids is 1. The number of ether oxygens (including phenoxy) is 2. The summed E-state index contributed by atoms with van der Waals surface area (Å²) in [6.07, 6.45) is 5.06. The number of hydrogen-bond acceptors (Lipinski definition) is 4. The second-order valence-corrected chi connectivity index (χ2v) is 8.87. The summed E-state index contributed by atoms with van der Waals surface area (Å²) in [6.45, 7) is 2.05. The number of piperidine rings is 1. The maximum absolute atomic E-state index is 12.6. The molecule has 0 spiro atoms. The summed E-state index contributed by atoms with van der Waals surface area (Å²) in [6, 6.07) is 18.5. The molecule has 5 nitrogen and oxygen atoms in total. The second-order valence-electron chi connectivity index (χ2n) is 8.08. The van der Waals surface area contributed by atoms with Crippen LogP contribution in [0.15, 0.2) is 65.7 Å². The van der Waals surface area contributed by atoms with Gasteiger partial charge in [0.05, 0.1) is 22.8 Å². The van der Waals surface area contributed by atoms with E-state index in [2.05, 4.69) is 4.99 Å². The highest BCUT2D eigenvalue weighted by Gasteiger charge is 2.18. The van der Waals surface area contributed by atoms with E-state index in [0.717, 1.165) is 37.1 Å². The summed E-state index contributed by atoms with van der Waals surface area (Å²) in [5.41, 5.74) is 3.11. The molecule has 0 bridgehead atoms. The third-order valence-corrected chi connectivity index (χ3v) is 6.52. The minimum Gasteiger partial charge on any atom is -0.493 e. The summed E-state index contributed by atoms with van der Waals surface area (Å²) in [5.74, 6) is 1.32. The van der Waals surface area contributed by atoms with Gasteiger partial charge in [-0.05, 0) is 72.9 Å². The normalized spacial score (nSPS) is 13.8. The van der Waals surface area contributed by atoms with Crippen molar-refractivity contribution in [3.63, 3.8) is 0 Å². The molecule has 1 fully saturated rings. The SMILES string of the molecule is COc1cc(C=Nc2cccc(Cl)c2Cl)ccc1OCc1ccc(C(=O)N2CCCCC2)cc1. The fourth-order valence-electron chi connectivity index (χ4n) is 3.80. The fourth-order valence-corrected chi connectivity index (χ4v) is 4.15. The quantitative estimate of drug-likeness (QED) is 0.332. The number of halogens is 2. The van der Waals surface area contributed by atoms with Gasteiger partial charge in [0, 0.05) is 24.9 Å². The lowest BCUT2D eigenvalue weighted by molar-refractivity contribution is 0.0724. The first-order valence-electron chi connectivity index (χ1n) is 11.2. The zero-order valence-corrected chi connectivity index (χ0v) is 20.5. The van der Waals surface area contributed by atoms with Crippen molar-refractivity contribution in [2.45, 2.75) is 25.9 Å². The Bertz CT molecular complexity index is 1170. The highest BCUT2D eigenvalue weighted by Crippen LogP contribution is 2.32. The topological polar surface area (TPSA) is 51.1 Å². The van der Waals surface area contributed by atoms with Crippen molar-refractivity contribution in [3.05, 3.63) is 87.4 Å². The number of nitrogens with zero attached hydrogens (tertiary/aromatic N) is 2. The van der Waals surface area contributed by atoms with Gasteiger partial charge in [0.15, 0.2) is 11.5 Å². The van der Waals surface area contributed by atoms with Crippen molar-refractivity contribution in [1.82, 2.24) is 4.90 Å². The van der Waals surface area contributed by atoms with E-state index in [4.69, 9.17) is 32.7 Å². The third kappa shape index (κ3) is 5.91. The Labute approximate surface area is 209 Å². The molecule has 0 aromatic heterocycles. The molecule has 0 atom stereocenters. The Kier molecular flexibility index (Phi) is 8.09. The molecular formula is C27H26Cl2N2O3. The van der Waals surface area contributed by atoms with Gasteiger partial charge in [-0.2, -0.15) is 0 Å². The van der Waals surface area contributed by atoms with Crippen LogP contribution in [-0.4, -0.2) is 37.2 Å². The Balaban J connectivity index is 1.39. The van der Waals surface area contributed by atoms with Crippen LogP contribution in [0.2, 0.25) is 10.0 Å². The van der Waals surface area contributed by atoms with Gasteiger partial charge >= 0.3 is 0 Å². The molecule has 1 saturated heterocycles. The number of hydrogen-bond donors (Lipinski definition) is 0. The minimum absolute atomic E-state index is 0.102. The number of amides is 1.